The maximum Gasteiger partial charge on any atom is 0.226 e. The molecule has 0 aromatic heterocycles. The Balaban J connectivity index is 0.000001000. The Kier molecular flexibility index (Phi) is 6.58. The summed E-state index contributed by atoms with van der Waals surface area (Å²) in [6, 6.07) is 1.03. The molecule has 1 N–H and O–H groups in total. The van der Waals surface area contributed by atoms with Gasteiger partial charge in [-0.1, -0.05) is 6.92 Å². The molecule has 118 valence electrons. The van der Waals surface area contributed by atoms with Crippen molar-refractivity contribution in [3.8, 4) is 0 Å². The van der Waals surface area contributed by atoms with Crippen LogP contribution in [0.2, 0.25) is 0 Å². The molecule has 20 heavy (non-hydrogen) atoms. The number of hydrogen-bond acceptors (Lipinski definition) is 3. The normalized spacial score (nSPS) is 31.6. The van der Waals surface area contributed by atoms with Crippen LogP contribution in [0.25, 0.3) is 0 Å². The van der Waals surface area contributed by atoms with Gasteiger partial charge in [0.2, 0.25) is 5.91 Å². The molecular formula is C14H27Cl2N3O. The van der Waals surface area contributed by atoms with Crippen LogP contribution in [-0.2, 0) is 4.79 Å². The second-order valence-electron chi connectivity index (χ2n) is 6.34. The molecule has 3 aliphatic rings. The van der Waals surface area contributed by atoms with E-state index in [-0.39, 0.29) is 30.7 Å². The highest BCUT2D eigenvalue weighted by Crippen LogP contribution is 2.27. The average Bonchev–Trinajstić information content (AvgIpc) is 2.71. The molecule has 0 aromatic rings. The van der Waals surface area contributed by atoms with Crippen LogP contribution in [0.5, 0.6) is 0 Å². The van der Waals surface area contributed by atoms with Gasteiger partial charge in [-0.3, -0.25) is 9.69 Å². The highest BCUT2D eigenvalue weighted by Gasteiger charge is 2.39. The minimum atomic E-state index is 0. The van der Waals surface area contributed by atoms with Crippen LogP contribution < -0.4 is 5.32 Å². The number of carbonyl (C=O) groups excluding carboxylic acids is 1. The SMILES string of the molecule is CC(C(=O)N1CC2CCCN2CC1C)C1CNC1.Cl.Cl. The van der Waals surface area contributed by atoms with Crippen molar-refractivity contribution in [1.82, 2.24) is 15.1 Å². The molecule has 0 aliphatic carbocycles. The van der Waals surface area contributed by atoms with Crippen molar-refractivity contribution in [1.29, 1.82) is 0 Å². The molecule has 0 bridgehead atoms. The molecule has 3 aliphatic heterocycles. The molecule has 6 heteroatoms. The first-order valence-electron chi connectivity index (χ1n) is 7.42. The predicted octanol–water partition coefficient (Wildman–Crippen LogP) is 1.38. The monoisotopic (exact) mass is 323 g/mol. The molecule has 4 nitrogen and oxygen atoms in total. The number of hydrogen-bond donors (Lipinski definition) is 1. The smallest absolute Gasteiger partial charge is 0.226 e. The van der Waals surface area contributed by atoms with Crippen LogP contribution in [-0.4, -0.2) is 60.5 Å². The average molecular weight is 324 g/mol. The number of carbonyl (C=O) groups is 1. The van der Waals surface area contributed by atoms with Gasteiger partial charge in [-0.15, -0.1) is 24.8 Å². The van der Waals surface area contributed by atoms with E-state index >= 15 is 0 Å². The number of nitrogens with one attached hydrogen (secondary N) is 1. The number of fused-ring (bicyclic) bond motifs is 1. The first-order chi connectivity index (χ1) is 8.66. The zero-order valence-electron chi connectivity index (χ0n) is 12.4. The molecule has 0 radical (unpaired) electrons. The van der Waals surface area contributed by atoms with Crippen molar-refractivity contribution in [2.75, 3.05) is 32.7 Å². The van der Waals surface area contributed by atoms with Crippen molar-refractivity contribution >= 4 is 30.7 Å². The molecule has 0 aromatic carbocycles. The summed E-state index contributed by atoms with van der Waals surface area (Å²) in [7, 11) is 0. The third-order valence-electron chi connectivity index (χ3n) is 5.13. The van der Waals surface area contributed by atoms with Crippen LogP contribution >= 0.6 is 24.8 Å². The van der Waals surface area contributed by atoms with Crippen molar-refractivity contribution in [3.05, 3.63) is 0 Å². The molecule has 3 fully saturated rings. The fraction of sp³-hybridized carbons (Fsp3) is 0.929. The predicted molar refractivity (Wildman–Crippen MR) is 85.8 cm³/mol. The Hall–Kier alpha value is -0.0300. The van der Waals surface area contributed by atoms with E-state index < -0.39 is 0 Å². The Labute approximate surface area is 134 Å². The van der Waals surface area contributed by atoms with Gasteiger partial charge in [0.25, 0.3) is 0 Å². The molecule has 0 spiro atoms. The van der Waals surface area contributed by atoms with Gasteiger partial charge in [0.1, 0.15) is 0 Å². The van der Waals surface area contributed by atoms with E-state index in [2.05, 4.69) is 29.0 Å². The van der Waals surface area contributed by atoms with Gasteiger partial charge in [0, 0.05) is 31.1 Å². The Morgan fingerprint density at radius 3 is 2.55 bits per heavy atom. The molecule has 3 heterocycles. The van der Waals surface area contributed by atoms with Gasteiger partial charge in [-0.25, -0.2) is 0 Å². The van der Waals surface area contributed by atoms with Gasteiger partial charge in [0.15, 0.2) is 0 Å². The van der Waals surface area contributed by atoms with Crippen LogP contribution in [0.1, 0.15) is 26.7 Å². The van der Waals surface area contributed by atoms with Crippen molar-refractivity contribution in [2.45, 2.75) is 38.8 Å². The largest absolute Gasteiger partial charge is 0.337 e. The van der Waals surface area contributed by atoms with Gasteiger partial charge in [-0.05, 0) is 45.3 Å². The van der Waals surface area contributed by atoms with Crippen molar-refractivity contribution < 1.29 is 4.79 Å². The summed E-state index contributed by atoms with van der Waals surface area (Å²) in [5, 5.41) is 3.27. The van der Waals surface area contributed by atoms with E-state index in [4.69, 9.17) is 0 Å². The third kappa shape index (κ3) is 3.24. The summed E-state index contributed by atoms with van der Waals surface area (Å²) in [5.74, 6) is 1.15. The van der Waals surface area contributed by atoms with E-state index in [0.29, 0.717) is 23.9 Å². The van der Waals surface area contributed by atoms with E-state index in [1.807, 2.05) is 0 Å². The second-order valence-corrected chi connectivity index (χ2v) is 6.34. The van der Waals surface area contributed by atoms with Gasteiger partial charge in [-0.2, -0.15) is 0 Å². The first kappa shape index (κ1) is 18.0. The molecule has 0 saturated carbocycles. The fourth-order valence-electron chi connectivity index (χ4n) is 3.62. The molecule has 3 rings (SSSR count). The number of nitrogens with zero attached hydrogens (tertiary/aromatic N) is 2. The Bertz CT molecular complexity index is 338. The second kappa shape index (κ2) is 7.30. The number of piperazine rings is 1. The standard InChI is InChI=1S/C14H25N3O.2ClH/c1-10-8-16-5-3-4-13(16)9-17(10)14(18)11(2)12-6-15-7-12;;/h10-13,15H,3-9H2,1-2H3;2*1H. The van der Waals surface area contributed by atoms with Gasteiger partial charge < -0.3 is 10.2 Å². The first-order valence-corrected chi connectivity index (χ1v) is 7.42. The maximum absolute atomic E-state index is 12.6. The highest BCUT2D eigenvalue weighted by molar-refractivity contribution is 5.85. The number of halogens is 2. The highest BCUT2D eigenvalue weighted by atomic mass is 35.5. The summed E-state index contributed by atoms with van der Waals surface area (Å²) in [6.07, 6.45) is 2.58. The summed E-state index contributed by atoms with van der Waals surface area (Å²) < 4.78 is 0. The lowest BCUT2D eigenvalue weighted by atomic mass is 9.87. The van der Waals surface area contributed by atoms with Crippen molar-refractivity contribution in [3.63, 3.8) is 0 Å². The summed E-state index contributed by atoms with van der Waals surface area (Å²) >= 11 is 0. The van der Waals surface area contributed by atoms with Crippen LogP contribution in [0.15, 0.2) is 0 Å². The summed E-state index contributed by atoms with van der Waals surface area (Å²) in [4.78, 5) is 17.3. The molecule has 3 saturated heterocycles. The topological polar surface area (TPSA) is 35.6 Å². The summed E-state index contributed by atoms with van der Waals surface area (Å²) in [5.41, 5.74) is 0. The van der Waals surface area contributed by atoms with Gasteiger partial charge >= 0.3 is 0 Å². The molecular weight excluding hydrogens is 297 g/mol. The van der Waals surface area contributed by atoms with Gasteiger partial charge in [0.05, 0.1) is 0 Å². The van der Waals surface area contributed by atoms with E-state index in [9.17, 15) is 4.79 Å². The van der Waals surface area contributed by atoms with E-state index in [1.165, 1.54) is 19.4 Å². The zero-order chi connectivity index (χ0) is 12.7. The lowest BCUT2D eigenvalue weighted by Crippen LogP contribution is -2.59. The molecule has 1 amide bonds. The molecule has 3 atom stereocenters. The minimum Gasteiger partial charge on any atom is -0.337 e. The van der Waals surface area contributed by atoms with E-state index in [1.54, 1.807) is 0 Å². The lowest BCUT2D eigenvalue weighted by molar-refractivity contribution is -0.143. The van der Waals surface area contributed by atoms with E-state index in [0.717, 1.165) is 26.2 Å². The summed E-state index contributed by atoms with van der Waals surface area (Å²) in [6.45, 7) is 9.63. The molecule has 3 unspecified atom stereocenters. The maximum atomic E-state index is 12.6. The number of amides is 1. The third-order valence-corrected chi connectivity index (χ3v) is 5.13. The Morgan fingerprint density at radius 1 is 1.25 bits per heavy atom. The van der Waals surface area contributed by atoms with Crippen molar-refractivity contribution in [2.24, 2.45) is 11.8 Å². The lowest BCUT2D eigenvalue weighted by Gasteiger charge is -2.44. The van der Waals surface area contributed by atoms with Crippen LogP contribution in [0.3, 0.4) is 0 Å². The fourth-order valence-corrected chi connectivity index (χ4v) is 3.62. The minimum absolute atomic E-state index is 0. The quantitative estimate of drug-likeness (QED) is 0.834. The van der Waals surface area contributed by atoms with Crippen LogP contribution in [0, 0.1) is 11.8 Å². The Morgan fingerprint density at radius 2 is 1.95 bits per heavy atom. The number of rotatable bonds is 2. The van der Waals surface area contributed by atoms with Crippen LogP contribution in [0.4, 0.5) is 0 Å². The zero-order valence-corrected chi connectivity index (χ0v) is 14.0.